The molecule has 1 N–H and O–H groups in total. The van der Waals surface area contributed by atoms with Gasteiger partial charge in [0.1, 0.15) is 5.01 Å². The number of nitrogens with one attached hydrogen (secondary N) is 1. The van der Waals surface area contributed by atoms with E-state index in [0.717, 1.165) is 36.1 Å². The first-order chi connectivity index (χ1) is 9.77. The molecule has 0 bridgehead atoms. The Labute approximate surface area is 125 Å². The van der Waals surface area contributed by atoms with E-state index in [2.05, 4.69) is 10.3 Å². The lowest BCUT2D eigenvalue weighted by molar-refractivity contribution is -0.140. The van der Waals surface area contributed by atoms with Crippen LogP contribution in [0.1, 0.15) is 30.5 Å². The van der Waals surface area contributed by atoms with E-state index in [0.29, 0.717) is 5.01 Å². The molecule has 0 saturated carbocycles. The highest BCUT2D eigenvalue weighted by Gasteiger charge is 2.34. The maximum absolute atomic E-state index is 12.5. The smallest absolute Gasteiger partial charge is 0.339 e. The first-order valence-corrected chi connectivity index (χ1v) is 7.65. The quantitative estimate of drug-likeness (QED) is 0.930. The maximum atomic E-state index is 12.5. The molecule has 0 unspecified atom stereocenters. The highest BCUT2D eigenvalue weighted by molar-refractivity contribution is 7.09. The van der Waals surface area contributed by atoms with Crippen molar-refractivity contribution in [3.05, 3.63) is 16.1 Å². The highest BCUT2D eigenvalue weighted by atomic mass is 32.1. The SMILES string of the molecule is C[C@H]1C[C@@H](C(=O)N(C)Cc2nc(C(F)(F)F)cs2)CCN1. The number of thiazole rings is 1. The largest absolute Gasteiger partial charge is 0.434 e. The summed E-state index contributed by atoms with van der Waals surface area (Å²) in [5.74, 6) is -0.0830. The second kappa shape index (κ2) is 6.31. The van der Waals surface area contributed by atoms with E-state index in [4.69, 9.17) is 0 Å². The molecule has 0 aliphatic carbocycles. The lowest BCUT2D eigenvalue weighted by atomic mass is 9.92. The average molecular weight is 321 g/mol. The van der Waals surface area contributed by atoms with Crippen LogP contribution >= 0.6 is 11.3 Å². The van der Waals surface area contributed by atoms with Crippen LogP contribution in [0.3, 0.4) is 0 Å². The summed E-state index contributed by atoms with van der Waals surface area (Å²) in [6, 6.07) is 0.290. The Bertz CT molecular complexity index is 503. The van der Waals surface area contributed by atoms with Gasteiger partial charge in [-0.3, -0.25) is 4.79 Å². The number of hydrogen-bond acceptors (Lipinski definition) is 4. The predicted octanol–water partition coefficient (Wildman–Crippen LogP) is 2.51. The number of alkyl halides is 3. The zero-order valence-electron chi connectivity index (χ0n) is 11.9. The van der Waals surface area contributed by atoms with E-state index in [-0.39, 0.29) is 24.4 Å². The van der Waals surface area contributed by atoms with Gasteiger partial charge in [0.15, 0.2) is 5.69 Å². The Kier molecular flexibility index (Phi) is 4.88. The first kappa shape index (κ1) is 16.2. The summed E-state index contributed by atoms with van der Waals surface area (Å²) in [6.07, 6.45) is -2.91. The fourth-order valence-electron chi connectivity index (χ4n) is 2.46. The molecule has 0 radical (unpaired) electrons. The van der Waals surface area contributed by atoms with Crippen LogP contribution in [0.5, 0.6) is 0 Å². The monoisotopic (exact) mass is 321 g/mol. The van der Waals surface area contributed by atoms with Crippen molar-refractivity contribution in [2.24, 2.45) is 5.92 Å². The van der Waals surface area contributed by atoms with Crippen molar-refractivity contribution in [1.82, 2.24) is 15.2 Å². The second-order valence-electron chi connectivity index (χ2n) is 5.40. The molecule has 1 aromatic rings. The number of halogens is 3. The topological polar surface area (TPSA) is 45.2 Å². The fraction of sp³-hybridized carbons (Fsp3) is 0.692. The lowest BCUT2D eigenvalue weighted by Crippen LogP contribution is -2.42. The van der Waals surface area contributed by atoms with Gasteiger partial charge in [0.25, 0.3) is 0 Å². The Morgan fingerprint density at radius 3 is 2.86 bits per heavy atom. The van der Waals surface area contributed by atoms with Crippen molar-refractivity contribution in [3.63, 3.8) is 0 Å². The molecule has 0 spiro atoms. The standard InChI is InChI=1S/C13H18F3N3OS/c1-8-5-9(3-4-17-8)12(20)19(2)6-11-18-10(7-21-11)13(14,15)16/h7-9,17H,3-6H2,1-2H3/t8-,9-/m0/s1. The minimum Gasteiger partial charge on any atom is -0.339 e. The van der Waals surface area contributed by atoms with E-state index in [1.807, 2.05) is 6.92 Å². The zero-order valence-corrected chi connectivity index (χ0v) is 12.7. The molecule has 1 saturated heterocycles. The maximum Gasteiger partial charge on any atom is 0.434 e. The third-order valence-electron chi connectivity index (χ3n) is 3.56. The number of rotatable bonds is 3. The van der Waals surface area contributed by atoms with Crippen molar-refractivity contribution in [2.45, 2.75) is 38.5 Å². The number of nitrogens with zero attached hydrogens (tertiary/aromatic N) is 2. The molecule has 1 fully saturated rings. The highest BCUT2D eigenvalue weighted by Crippen LogP contribution is 2.30. The predicted molar refractivity (Wildman–Crippen MR) is 73.8 cm³/mol. The van der Waals surface area contributed by atoms with Crippen molar-refractivity contribution in [2.75, 3.05) is 13.6 Å². The third kappa shape index (κ3) is 4.16. The van der Waals surface area contributed by atoms with Gasteiger partial charge in [-0.25, -0.2) is 4.98 Å². The van der Waals surface area contributed by atoms with E-state index in [9.17, 15) is 18.0 Å². The van der Waals surface area contributed by atoms with Gasteiger partial charge < -0.3 is 10.2 Å². The van der Waals surface area contributed by atoms with E-state index >= 15 is 0 Å². The van der Waals surface area contributed by atoms with Crippen LogP contribution in [-0.2, 0) is 17.5 Å². The van der Waals surface area contributed by atoms with Gasteiger partial charge in [-0.15, -0.1) is 11.3 Å². The van der Waals surface area contributed by atoms with Crippen molar-refractivity contribution in [3.8, 4) is 0 Å². The Hall–Kier alpha value is -1.15. The van der Waals surface area contributed by atoms with Gasteiger partial charge in [0, 0.05) is 24.4 Å². The summed E-state index contributed by atoms with van der Waals surface area (Å²) in [7, 11) is 1.61. The number of aromatic nitrogens is 1. The third-order valence-corrected chi connectivity index (χ3v) is 4.40. The van der Waals surface area contributed by atoms with Gasteiger partial charge in [0.2, 0.25) is 5.91 Å². The molecular weight excluding hydrogens is 303 g/mol. The molecule has 1 aliphatic heterocycles. The van der Waals surface area contributed by atoms with Gasteiger partial charge >= 0.3 is 6.18 Å². The Morgan fingerprint density at radius 1 is 1.57 bits per heavy atom. The molecule has 2 heterocycles. The fourth-order valence-corrected chi connectivity index (χ4v) is 3.32. The van der Waals surface area contributed by atoms with Gasteiger partial charge in [-0.1, -0.05) is 0 Å². The molecule has 0 aromatic carbocycles. The van der Waals surface area contributed by atoms with E-state index in [1.165, 1.54) is 4.90 Å². The molecule has 2 rings (SSSR count). The minimum absolute atomic E-state index is 0.0212. The lowest BCUT2D eigenvalue weighted by Gasteiger charge is -2.30. The van der Waals surface area contributed by atoms with Gasteiger partial charge in [0.05, 0.1) is 6.54 Å². The molecule has 2 atom stereocenters. The van der Waals surface area contributed by atoms with Crippen LogP contribution in [0.2, 0.25) is 0 Å². The Morgan fingerprint density at radius 2 is 2.29 bits per heavy atom. The number of carbonyl (C=O) groups is 1. The number of hydrogen-bond donors (Lipinski definition) is 1. The van der Waals surface area contributed by atoms with E-state index < -0.39 is 11.9 Å². The summed E-state index contributed by atoms with van der Waals surface area (Å²) < 4.78 is 37.5. The van der Waals surface area contributed by atoms with Crippen LogP contribution in [-0.4, -0.2) is 35.4 Å². The number of piperidine rings is 1. The first-order valence-electron chi connectivity index (χ1n) is 6.77. The van der Waals surface area contributed by atoms with Crippen LogP contribution < -0.4 is 5.32 Å². The number of amides is 1. The minimum atomic E-state index is -4.43. The molecule has 8 heteroatoms. The molecular formula is C13H18F3N3OS. The second-order valence-corrected chi connectivity index (χ2v) is 6.34. The van der Waals surface area contributed by atoms with Crippen LogP contribution in [0, 0.1) is 5.92 Å². The van der Waals surface area contributed by atoms with Gasteiger partial charge in [-0.05, 0) is 26.3 Å². The summed E-state index contributed by atoms with van der Waals surface area (Å²) in [6.45, 7) is 2.94. The molecule has 1 aromatic heterocycles. The number of carbonyl (C=O) groups excluding carboxylic acids is 1. The van der Waals surface area contributed by atoms with Crippen molar-refractivity contribution >= 4 is 17.2 Å². The van der Waals surface area contributed by atoms with E-state index in [1.54, 1.807) is 7.05 Å². The summed E-state index contributed by atoms with van der Waals surface area (Å²) >= 11 is 0.932. The normalized spacial score (nSPS) is 23.1. The van der Waals surface area contributed by atoms with Crippen molar-refractivity contribution in [1.29, 1.82) is 0 Å². The Balaban J connectivity index is 1.96. The summed E-state index contributed by atoms with van der Waals surface area (Å²) in [5, 5.41) is 4.56. The molecule has 1 aliphatic rings. The summed E-state index contributed by atoms with van der Waals surface area (Å²) in [4.78, 5) is 17.3. The van der Waals surface area contributed by atoms with Crippen LogP contribution in [0.15, 0.2) is 5.38 Å². The summed E-state index contributed by atoms with van der Waals surface area (Å²) in [5.41, 5.74) is -0.890. The van der Waals surface area contributed by atoms with Crippen LogP contribution in [0.25, 0.3) is 0 Å². The molecule has 4 nitrogen and oxygen atoms in total. The molecule has 21 heavy (non-hydrogen) atoms. The zero-order chi connectivity index (χ0) is 15.6. The molecule has 118 valence electrons. The van der Waals surface area contributed by atoms with Crippen LogP contribution in [0.4, 0.5) is 13.2 Å². The molecule has 1 amide bonds. The van der Waals surface area contributed by atoms with Gasteiger partial charge in [-0.2, -0.15) is 13.2 Å². The average Bonchev–Trinajstić information content (AvgIpc) is 2.86. The van der Waals surface area contributed by atoms with Crippen molar-refractivity contribution < 1.29 is 18.0 Å².